The summed E-state index contributed by atoms with van der Waals surface area (Å²) in [6.07, 6.45) is 8.71. The summed E-state index contributed by atoms with van der Waals surface area (Å²) in [4.78, 5) is 16.7. The molecular formula is C12H23NO2. The lowest BCUT2D eigenvalue weighted by atomic mass is 10.1. The van der Waals surface area contributed by atoms with E-state index >= 15 is 0 Å². The number of hydrogen-bond acceptors (Lipinski definition) is 3. The zero-order valence-corrected chi connectivity index (χ0v) is 9.83. The van der Waals surface area contributed by atoms with Crippen LogP contribution in [0, 0.1) is 0 Å². The van der Waals surface area contributed by atoms with E-state index in [9.17, 15) is 4.79 Å². The van der Waals surface area contributed by atoms with Gasteiger partial charge in [0.05, 0.1) is 0 Å². The Morgan fingerprint density at radius 2 is 1.87 bits per heavy atom. The fraction of sp³-hybridized carbons (Fsp3) is 0.917. The topological polar surface area (TPSA) is 29.5 Å². The van der Waals surface area contributed by atoms with Crippen LogP contribution in [0.25, 0.3) is 0 Å². The van der Waals surface area contributed by atoms with Crippen molar-refractivity contribution in [1.29, 1.82) is 0 Å². The molecule has 1 aliphatic heterocycles. The smallest absolute Gasteiger partial charge is 0.325 e. The van der Waals surface area contributed by atoms with Crippen molar-refractivity contribution in [2.24, 2.45) is 0 Å². The number of carbonyl (C=O) groups excluding carboxylic acids is 1. The number of unbranched alkanes of at least 4 members (excludes halogenated alkanes) is 3. The van der Waals surface area contributed by atoms with Gasteiger partial charge in [0.2, 0.25) is 0 Å². The van der Waals surface area contributed by atoms with Gasteiger partial charge >= 0.3 is 5.97 Å². The largest absolute Gasteiger partial charge is 0.368 e. The lowest BCUT2D eigenvalue weighted by molar-refractivity contribution is -0.194. The molecule has 0 aromatic heterocycles. The second-order valence-electron chi connectivity index (χ2n) is 4.26. The maximum absolute atomic E-state index is 11.4. The van der Waals surface area contributed by atoms with E-state index in [4.69, 9.17) is 4.84 Å². The summed E-state index contributed by atoms with van der Waals surface area (Å²) in [6, 6.07) is 0. The molecule has 0 aliphatic carbocycles. The molecule has 15 heavy (non-hydrogen) atoms. The summed E-state index contributed by atoms with van der Waals surface area (Å²) in [5, 5.41) is 1.83. The molecule has 0 N–H and O–H groups in total. The Bertz CT molecular complexity index is 176. The van der Waals surface area contributed by atoms with Crippen LogP contribution < -0.4 is 0 Å². The minimum atomic E-state index is -0.0481. The predicted octanol–water partition coefficient (Wildman–Crippen LogP) is 2.90. The molecule has 88 valence electrons. The van der Waals surface area contributed by atoms with Crippen LogP contribution in [-0.2, 0) is 9.63 Å². The van der Waals surface area contributed by atoms with Gasteiger partial charge in [-0.1, -0.05) is 32.6 Å². The van der Waals surface area contributed by atoms with Crippen molar-refractivity contribution in [3.8, 4) is 0 Å². The molecule has 3 heteroatoms. The number of carbonyl (C=O) groups is 1. The SMILES string of the molecule is CCCCCCC(=O)ON1CCCCC1. The summed E-state index contributed by atoms with van der Waals surface area (Å²) in [5.74, 6) is -0.0481. The van der Waals surface area contributed by atoms with Gasteiger partial charge in [-0.15, -0.1) is 5.06 Å². The van der Waals surface area contributed by atoms with E-state index in [2.05, 4.69) is 6.92 Å². The minimum absolute atomic E-state index is 0.0481. The maximum Gasteiger partial charge on any atom is 0.325 e. The molecule has 3 nitrogen and oxygen atoms in total. The van der Waals surface area contributed by atoms with Crippen molar-refractivity contribution in [3.63, 3.8) is 0 Å². The molecule has 0 bridgehead atoms. The van der Waals surface area contributed by atoms with Gasteiger partial charge in [-0.3, -0.25) is 4.79 Å². The van der Waals surface area contributed by atoms with Gasteiger partial charge in [0, 0.05) is 19.5 Å². The Morgan fingerprint density at radius 3 is 2.53 bits per heavy atom. The summed E-state index contributed by atoms with van der Waals surface area (Å²) in [6.45, 7) is 4.01. The molecule has 0 atom stereocenters. The van der Waals surface area contributed by atoms with Crippen LogP contribution in [0.2, 0.25) is 0 Å². The maximum atomic E-state index is 11.4. The van der Waals surface area contributed by atoms with E-state index in [1.807, 2.05) is 5.06 Å². The quantitative estimate of drug-likeness (QED) is 0.635. The fourth-order valence-electron chi connectivity index (χ4n) is 1.84. The first-order valence-corrected chi connectivity index (χ1v) is 6.28. The highest BCUT2D eigenvalue weighted by atomic mass is 16.7. The van der Waals surface area contributed by atoms with Crippen LogP contribution in [0.3, 0.4) is 0 Å². The average molecular weight is 213 g/mol. The Kier molecular flexibility index (Phi) is 6.41. The highest BCUT2D eigenvalue weighted by Crippen LogP contribution is 2.10. The van der Waals surface area contributed by atoms with Crippen molar-refractivity contribution >= 4 is 5.97 Å². The molecule has 1 rings (SSSR count). The highest BCUT2D eigenvalue weighted by molar-refractivity contribution is 5.68. The third kappa shape index (κ3) is 5.78. The number of rotatable bonds is 6. The van der Waals surface area contributed by atoms with Crippen molar-refractivity contribution in [3.05, 3.63) is 0 Å². The second kappa shape index (κ2) is 7.69. The second-order valence-corrected chi connectivity index (χ2v) is 4.26. The van der Waals surface area contributed by atoms with Gasteiger partial charge in [0.1, 0.15) is 0 Å². The van der Waals surface area contributed by atoms with Gasteiger partial charge in [-0.2, -0.15) is 0 Å². The summed E-state index contributed by atoms with van der Waals surface area (Å²) in [7, 11) is 0. The number of nitrogens with zero attached hydrogens (tertiary/aromatic N) is 1. The molecule has 0 amide bonds. The molecule has 0 aromatic carbocycles. The minimum Gasteiger partial charge on any atom is -0.368 e. The number of piperidine rings is 1. The van der Waals surface area contributed by atoms with Gasteiger partial charge in [0.25, 0.3) is 0 Å². The zero-order valence-electron chi connectivity index (χ0n) is 9.83. The van der Waals surface area contributed by atoms with Gasteiger partial charge in [-0.05, 0) is 19.3 Å². The van der Waals surface area contributed by atoms with E-state index in [0.717, 1.165) is 38.8 Å². The Balaban J connectivity index is 2.01. The van der Waals surface area contributed by atoms with E-state index in [1.165, 1.54) is 19.3 Å². The molecule has 0 aromatic rings. The Morgan fingerprint density at radius 1 is 1.13 bits per heavy atom. The van der Waals surface area contributed by atoms with E-state index in [-0.39, 0.29) is 5.97 Å². The first-order valence-electron chi connectivity index (χ1n) is 6.28. The molecule has 0 unspecified atom stereocenters. The van der Waals surface area contributed by atoms with E-state index in [0.29, 0.717) is 6.42 Å². The normalized spacial score (nSPS) is 17.7. The van der Waals surface area contributed by atoms with Gasteiger partial charge in [-0.25, -0.2) is 0 Å². The van der Waals surface area contributed by atoms with E-state index < -0.39 is 0 Å². The van der Waals surface area contributed by atoms with Crippen molar-refractivity contribution in [2.75, 3.05) is 13.1 Å². The summed E-state index contributed by atoms with van der Waals surface area (Å²) < 4.78 is 0. The monoisotopic (exact) mass is 213 g/mol. The van der Waals surface area contributed by atoms with Crippen molar-refractivity contribution in [2.45, 2.75) is 58.3 Å². The predicted molar refractivity (Wildman–Crippen MR) is 60.3 cm³/mol. The number of hydrogen-bond donors (Lipinski definition) is 0. The molecule has 1 saturated heterocycles. The average Bonchev–Trinajstić information content (AvgIpc) is 2.26. The molecule has 1 heterocycles. The van der Waals surface area contributed by atoms with Crippen LogP contribution in [0.1, 0.15) is 58.3 Å². The lowest BCUT2D eigenvalue weighted by Gasteiger charge is -2.24. The van der Waals surface area contributed by atoms with Crippen LogP contribution >= 0.6 is 0 Å². The van der Waals surface area contributed by atoms with Crippen LogP contribution in [0.4, 0.5) is 0 Å². The van der Waals surface area contributed by atoms with E-state index in [1.54, 1.807) is 0 Å². The third-order valence-corrected chi connectivity index (χ3v) is 2.78. The first-order chi connectivity index (χ1) is 7.33. The first kappa shape index (κ1) is 12.5. The van der Waals surface area contributed by atoms with Crippen LogP contribution in [0.5, 0.6) is 0 Å². The molecule has 1 fully saturated rings. The van der Waals surface area contributed by atoms with Crippen LogP contribution in [-0.4, -0.2) is 24.1 Å². The summed E-state index contributed by atoms with van der Waals surface area (Å²) in [5.41, 5.74) is 0. The Hall–Kier alpha value is -0.570. The molecular weight excluding hydrogens is 190 g/mol. The fourth-order valence-corrected chi connectivity index (χ4v) is 1.84. The molecule has 1 aliphatic rings. The van der Waals surface area contributed by atoms with Gasteiger partial charge < -0.3 is 4.84 Å². The van der Waals surface area contributed by atoms with Gasteiger partial charge in [0.15, 0.2) is 0 Å². The molecule has 0 radical (unpaired) electrons. The molecule has 0 spiro atoms. The molecule has 0 saturated carbocycles. The standard InChI is InChI=1S/C12H23NO2/c1-2-3-4-6-9-12(14)15-13-10-7-5-8-11-13/h2-11H2,1H3. The van der Waals surface area contributed by atoms with Crippen LogP contribution in [0.15, 0.2) is 0 Å². The number of hydroxylamine groups is 2. The van der Waals surface area contributed by atoms with Crippen molar-refractivity contribution in [1.82, 2.24) is 5.06 Å². The lowest BCUT2D eigenvalue weighted by Crippen LogP contribution is -2.32. The highest BCUT2D eigenvalue weighted by Gasteiger charge is 2.14. The Labute approximate surface area is 92.7 Å². The third-order valence-electron chi connectivity index (χ3n) is 2.78. The summed E-state index contributed by atoms with van der Waals surface area (Å²) >= 11 is 0. The zero-order chi connectivity index (χ0) is 10.9. The van der Waals surface area contributed by atoms with Crippen molar-refractivity contribution < 1.29 is 9.63 Å².